The van der Waals surface area contributed by atoms with Gasteiger partial charge in [-0.1, -0.05) is 6.07 Å². The molecule has 2 heterocycles. The maximum Gasteiger partial charge on any atom is 0.416 e. The Hall–Kier alpha value is -2.55. The molecule has 140 valence electrons. The number of hydrogen-bond acceptors (Lipinski definition) is 5. The molecule has 0 unspecified atom stereocenters. The molecule has 6 nitrogen and oxygen atoms in total. The van der Waals surface area contributed by atoms with Crippen molar-refractivity contribution in [2.45, 2.75) is 31.7 Å². The average Bonchev–Trinajstić information content (AvgIpc) is 3.08. The zero-order valence-corrected chi connectivity index (χ0v) is 13.7. The standard InChI is InChI=1S/C17H17F3N2O4/c18-17(19,20)11-3-1-5-13(7-11)25-10-15-21-14(9-26-15)16(24)22-6-2-4-12(23)8-22/h1,3,5,7,9,12,23H,2,4,6,8,10H2/t12-/m0/s1. The summed E-state index contributed by atoms with van der Waals surface area (Å²) in [4.78, 5) is 17.8. The van der Waals surface area contributed by atoms with Crippen LogP contribution < -0.4 is 4.74 Å². The molecule has 1 fully saturated rings. The van der Waals surface area contributed by atoms with Crippen LogP contribution in [0.1, 0.15) is 34.8 Å². The van der Waals surface area contributed by atoms with Gasteiger partial charge in [0, 0.05) is 13.1 Å². The van der Waals surface area contributed by atoms with Crippen molar-refractivity contribution < 1.29 is 32.2 Å². The Morgan fingerprint density at radius 2 is 2.23 bits per heavy atom. The Morgan fingerprint density at radius 1 is 1.42 bits per heavy atom. The first-order chi connectivity index (χ1) is 12.3. The molecule has 26 heavy (non-hydrogen) atoms. The van der Waals surface area contributed by atoms with Crippen LogP contribution in [0.5, 0.6) is 5.75 Å². The van der Waals surface area contributed by atoms with E-state index in [1.807, 2.05) is 0 Å². The van der Waals surface area contributed by atoms with Crippen molar-refractivity contribution in [2.75, 3.05) is 13.1 Å². The van der Waals surface area contributed by atoms with Gasteiger partial charge in [0.05, 0.1) is 11.7 Å². The van der Waals surface area contributed by atoms with Crippen LogP contribution in [0.25, 0.3) is 0 Å². The van der Waals surface area contributed by atoms with Crippen LogP contribution in [0.15, 0.2) is 34.9 Å². The van der Waals surface area contributed by atoms with Gasteiger partial charge in [0.2, 0.25) is 5.89 Å². The van der Waals surface area contributed by atoms with Gasteiger partial charge in [-0.05, 0) is 31.0 Å². The number of alkyl halides is 3. The molecule has 1 aromatic heterocycles. The highest BCUT2D eigenvalue weighted by molar-refractivity contribution is 5.92. The molecule has 1 amide bonds. The van der Waals surface area contributed by atoms with E-state index in [1.54, 1.807) is 0 Å². The lowest BCUT2D eigenvalue weighted by Crippen LogP contribution is -2.42. The first-order valence-electron chi connectivity index (χ1n) is 8.05. The summed E-state index contributed by atoms with van der Waals surface area (Å²) >= 11 is 0. The third-order valence-electron chi connectivity index (χ3n) is 3.98. The molecular formula is C17H17F3N2O4. The molecule has 0 spiro atoms. The molecule has 0 bridgehead atoms. The molecule has 1 aliphatic rings. The minimum absolute atomic E-state index is 0.0186. The average molecular weight is 370 g/mol. The lowest BCUT2D eigenvalue weighted by molar-refractivity contribution is -0.137. The molecule has 9 heteroatoms. The molecule has 1 N–H and O–H groups in total. The number of halogens is 3. The van der Waals surface area contributed by atoms with Gasteiger partial charge in [-0.3, -0.25) is 4.79 Å². The van der Waals surface area contributed by atoms with Crippen LogP contribution in [0.4, 0.5) is 13.2 Å². The number of carbonyl (C=O) groups is 1. The third kappa shape index (κ3) is 4.34. The van der Waals surface area contributed by atoms with Gasteiger partial charge in [-0.25, -0.2) is 4.98 Å². The quantitative estimate of drug-likeness (QED) is 0.896. The lowest BCUT2D eigenvalue weighted by atomic mass is 10.1. The number of hydrogen-bond donors (Lipinski definition) is 1. The Labute approximate surface area is 147 Å². The van der Waals surface area contributed by atoms with E-state index in [1.165, 1.54) is 23.3 Å². The highest BCUT2D eigenvalue weighted by Gasteiger charge is 2.30. The summed E-state index contributed by atoms with van der Waals surface area (Å²) in [6, 6.07) is 4.45. The second-order valence-electron chi connectivity index (χ2n) is 5.99. The number of aliphatic hydroxyl groups excluding tert-OH is 1. The smallest absolute Gasteiger partial charge is 0.416 e. The molecule has 1 aliphatic heterocycles. The van der Waals surface area contributed by atoms with Crippen LogP contribution in [-0.2, 0) is 12.8 Å². The number of piperidine rings is 1. The van der Waals surface area contributed by atoms with Crippen LogP contribution in [-0.4, -0.2) is 40.1 Å². The summed E-state index contributed by atoms with van der Waals surface area (Å²) in [5.74, 6) is -0.272. The molecule has 3 rings (SSSR count). The van der Waals surface area contributed by atoms with E-state index in [2.05, 4.69) is 4.98 Å². The monoisotopic (exact) mass is 370 g/mol. The summed E-state index contributed by atoms with van der Waals surface area (Å²) in [5.41, 5.74) is -0.747. The fourth-order valence-corrected chi connectivity index (χ4v) is 2.68. The Bertz CT molecular complexity index is 775. The molecule has 1 atom stereocenters. The number of aromatic nitrogens is 1. The molecule has 0 aliphatic carbocycles. The maximum atomic E-state index is 12.7. The number of β-amino-alcohol motifs (C(OH)–C–C–N with tert-alkyl or cyclic N) is 1. The zero-order valence-electron chi connectivity index (χ0n) is 13.7. The summed E-state index contributed by atoms with van der Waals surface area (Å²) in [6.45, 7) is 0.553. The summed E-state index contributed by atoms with van der Waals surface area (Å²) in [7, 11) is 0. The predicted molar refractivity (Wildman–Crippen MR) is 83.4 cm³/mol. The van der Waals surface area contributed by atoms with Gasteiger partial charge in [0.1, 0.15) is 12.0 Å². The number of oxazole rings is 1. The largest absolute Gasteiger partial charge is 0.484 e. The van der Waals surface area contributed by atoms with Crippen LogP contribution in [0.3, 0.4) is 0 Å². The molecule has 1 aromatic carbocycles. The summed E-state index contributed by atoms with van der Waals surface area (Å²) in [5, 5.41) is 9.63. The third-order valence-corrected chi connectivity index (χ3v) is 3.98. The minimum Gasteiger partial charge on any atom is -0.484 e. The van der Waals surface area contributed by atoms with Gasteiger partial charge in [-0.2, -0.15) is 13.2 Å². The summed E-state index contributed by atoms with van der Waals surface area (Å²) in [6.07, 6.45) is -2.48. The van der Waals surface area contributed by atoms with Crippen LogP contribution >= 0.6 is 0 Å². The lowest BCUT2D eigenvalue weighted by Gasteiger charge is -2.29. The molecule has 0 radical (unpaired) electrons. The number of likely N-dealkylation sites (tertiary alicyclic amines) is 1. The number of amides is 1. The second kappa shape index (κ2) is 7.36. The van der Waals surface area contributed by atoms with Gasteiger partial charge >= 0.3 is 6.18 Å². The molecule has 1 saturated heterocycles. The molecular weight excluding hydrogens is 353 g/mol. The van der Waals surface area contributed by atoms with Crippen molar-refractivity contribution in [3.63, 3.8) is 0 Å². The van der Waals surface area contributed by atoms with Crippen LogP contribution in [0.2, 0.25) is 0 Å². The first-order valence-corrected chi connectivity index (χ1v) is 8.05. The number of nitrogens with zero attached hydrogens (tertiary/aromatic N) is 2. The highest BCUT2D eigenvalue weighted by Crippen LogP contribution is 2.31. The van der Waals surface area contributed by atoms with Crippen molar-refractivity contribution in [1.82, 2.24) is 9.88 Å². The van der Waals surface area contributed by atoms with E-state index in [0.717, 1.165) is 12.1 Å². The first kappa shape index (κ1) is 18.2. The fraction of sp³-hybridized carbons (Fsp3) is 0.412. The van der Waals surface area contributed by atoms with Gasteiger partial charge in [0.15, 0.2) is 12.3 Å². The van der Waals surface area contributed by atoms with Gasteiger partial charge in [0.25, 0.3) is 5.91 Å². The van der Waals surface area contributed by atoms with E-state index in [0.29, 0.717) is 19.4 Å². The Balaban J connectivity index is 1.61. The number of benzene rings is 1. The fourth-order valence-electron chi connectivity index (χ4n) is 2.68. The SMILES string of the molecule is O=C(c1coc(COc2cccc(C(F)(F)F)c2)n1)N1CCC[C@H](O)C1. The van der Waals surface area contributed by atoms with E-state index >= 15 is 0 Å². The molecule has 2 aromatic rings. The van der Waals surface area contributed by atoms with Crippen LogP contribution in [0, 0.1) is 0 Å². The normalized spacial score (nSPS) is 18.0. The predicted octanol–water partition coefficient (Wildman–Crippen LogP) is 2.87. The number of ether oxygens (including phenoxy) is 1. The highest BCUT2D eigenvalue weighted by atomic mass is 19.4. The summed E-state index contributed by atoms with van der Waals surface area (Å²) < 4.78 is 48.5. The van der Waals surface area contributed by atoms with Crippen molar-refractivity contribution in [3.8, 4) is 5.75 Å². The van der Waals surface area contributed by atoms with E-state index < -0.39 is 17.8 Å². The topological polar surface area (TPSA) is 75.8 Å². The van der Waals surface area contributed by atoms with Crippen molar-refractivity contribution in [2.24, 2.45) is 0 Å². The van der Waals surface area contributed by atoms with Gasteiger partial charge < -0.3 is 19.2 Å². The molecule has 0 saturated carbocycles. The van der Waals surface area contributed by atoms with E-state index in [9.17, 15) is 23.1 Å². The van der Waals surface area contributed by atoms with E-state index in [4.69, 9.17) is 9.15 Å². The maximum absolute atomic E-state index is 12.7. The number of rotatable bonds is 4. The Kier molecular flexibility index (Phi) is 5.17. The van der Waals surface area contributed by atoms with Crippen molar-refractivity contribution in [3.05, 3.63) is 47.7 Å². The van der Waals surface area contributed by atoms with Gasteiger partial charge in [-0.15, -0.1) is 0 Å². The minimum atomic E-state index is -4.46. The number of aliphatic hydroxyl groups is 1. The van der Waals surface area contributed by atoms with E-state index in [-0.39, 0.29) is 36.4 Å². The van der Waals surface area contributed by atoms with Crippen molar-refractivity contribution in [1.29, 1.82) is 0 Å². The zero-order chi connectivity index (χ0) is 18.7. The second-order valence-corrected chi connectivity index (χ2v) is 5.99. The number of carbonyl (C=O) groups excluding carboxylic acids is 1. The Morgan fingerprint density at radius 3 is 2.96 bits per heavy atom. The van der Waals surface area contributed by atoms with Crippen molar-refractivity contribution >= 4 is 5.91 Å².